The van der Waals surface area contributed by atoms with Gasteiger partial charge >= 0.3 is 0 Å². The first kappa shape index (κ1) is 13.7. The van der Waals surface area contributed by atoms with Crippen molar-refractivity contribution in [3.05, 3.63) is 0 Å². The second kappa shape index (κ2) is 7.02. The van der Waals surface area contributed by atoms with E-state index in [2.05, 4.69) is 6.92 Å². The predicted octanol–water partition coefficient (Wildman–Crippen LogP) is 1.86. The topological polar surface area (TPSA) is 60.7 Å². The Balaban J connectivity index is 3.88. The van der Waals surface area contributed by atoms with Crippen molar-refractivity contribution < 1.29 is 14.7 Å². The highest BCUT2D eigenvalue weighted by molar-refractivity contribution is 8.27. The molecule has 0 spiro atoms. The lowest BCUT2D eigenvalue weighted by atomic mass is 10.2. The maximum Gasteiger partial charge on any atom is 0.277 e. The predicted molar refractivity (Wildman–Crippen MR) is 60.5 cm³/mol. The average molecular weight is 228 g/mol. The molecule has 0 aliphatic carbocycles. The summed E-state index contributed by atoms with van der Waals surface area (Å²) in [6, 6.07) is 0. The summed E-state index contributed by atoms with van der Waals surface area (Å²) in [6.45, 7) is 0.482. The molecule has 0 aliphatic heterocycles. The summed E-state index contributed by atoms with van der Waals surface area (Å²) in [5, 5.41) is 0. The van der Waals surface area contributed by atoms with Crippen molar-refractivity contribution >= 4 is 16.8 Å². The molecule has 0 aliphatic rings. The van der Waals surface area contributed by atoms with Crippen LogP contribution in [0.5, 0.6) is 0 Å². The minimum absolute atomic E-state index is 0.574. The minimum Gasteiger partial charge on any atom is -0.329 e. The van der Waals surface area contributed by atoms with E-state index >= 15 is 0 Å². The third-order valence-electron chi connectivity index (χ3n) is 1.91. The number of rotatable bonds is 6. The molecule has 0 radical (unpaired) electrons. The fraction of sp³-hybridized carbons (Fsp3) is 1.00. The van der Waals surface area contributed by atoms with Crippen molar-refractivity contribution in [3.63, 3.8) is 0 Å². The van der Waals surface area contributed by atoms with Gasteiger partial charge in [-0.1, -0.05) is 33.1 Å². The SMILES string of the molecule is CCCCCCS(CC)=P(O)(O)O. The van der Waals surface area contributed by atoms with Gasteiger partial charge in [0, 0.05) is 0 Å². The summed E-state index contributed by atoms with van der Waals surface area (Å²) in [4.78, 5) is 27.2. The molecule has 3 N–H and O–H groups in total. The zero-order valence-electron chi connectivity index (χ0n) is 8.44. The van der Waals surface area contributed by atoms with E-state index in [4.69, 9.17) is 14.7 Å². The fourth-order valence-electron chi connectivity index (χ4n) is 1.14. The highest BCUT2D eigenvalue weighted by Crippen LogP contribution is 2.36. The van der Waals surface area contributed by atoms with Gasteiger partial charge in [-0.15, -0.1) is 10.1 Å². The molecule has 0 rings (SSSR count). The summed E-state index contributed by atoms with van der Waals surface area (Å²) in [7, 11) is -0.574. The van der Waals surface area contributed by atoms with Crippen LogP contribution in [0.2, 0.25) is 0 Å². The quantitative estimate of drug-likeness (QED) is 0.480. The molecular weight excluding hydrogens is 207 g/mol. The molecule has 0 aromatic carbocycles. The van der Waals surface area contributed by atoms with Gasteiger partial charge in [-0.3, -0.25) is 0 Å². The van der Waals surface area contributed by atoms with E-state index in [1.54, 1.807) is 0 Å². The zero-order chi connectivity index (χ0) is 10.3. The standard InChI is InChI=1S/C8H21O3PS/c1-3-5-6-7-8-13(4-2)12(9,10)11/h9-11H,3-8H2,1-2H3. The molecule has 0 aromatic heterocycles. The van der Waals surface area contributed by atoms with E-state index in [0.717, 1.165) is 18.6 Å². The molecule has 0 saturated carbocycles. The Morgan fingerprint density at radius 3 is 2.00 bits per heavy atom. The van der Waals surface area contributed by atoms with Gasteiger partial charge in [0.2, 0.25) is 0 Å². The minimum atomic E-state index is -3.55. The molecular formula is C8H21O3PS. The van der Waals surface area contributed by atoms with Crippen LogP contribution in [-0.2, 0) is 10.1 Å². The van der Waals surface area contributed by atoms with E-state index in [0.29, 0.717) is 5.75 Å². The van der Waals surface area contributed by atoms with E-state index in [-0.39, 0.29) is 0 Å². The van der Waals surface area contributed by atoms with Crippen LogP contribution in [0.4, 0.5) is 0 Å². The fourth-order valence-corrected chi connectivity index (χ4v) is 4.71. The molecule has 0 saturated heterocycles. The lowest BCUT2D eigenvalue weighted by molar-refractivity contribution is 0.362. The smallest absolute Gasteiger partial charge is 0.277 e. The first-order chi connectivity index (χ1) is 6.02. The van der Waals surface area contributed by atoms with Gasteiger partial charge in [-0.05, 0) is 17.9 Å². The molecule has 1 unspecified atom stereocenters. The molecule has 0 fully saturated rings. The van der Waals surface area contributed by atoms with Crippen LogP contribution in [0.3, 0.4) is 0 Å². The zero-order valence-corrected chi connectivity index (χ0v) is 10.2. The van der Waals surface area contributed by atoms with Crippen LogP contribution >= 0.6 is 6.72 Å². The summed E-state index contributed by atoms with van der Waals surface area (Å²) in [6.07, 6.45) is 4.49. The Morgan fingerprint density at radius 1 is 1.00 bits per heavy atom. The van der Waals surface area contributed by atoms with E-state index < -0.39 is 16.8 Å². The van der Waals surface area contributed by atoms with E-state index in [1.165, 1.54) is 12.8 Å². The molecule has 5 heteroatoms. The average Bonchev–Trinajstić information content (AvgIpc) is 2.02. The molecule has 0 amide bonds. The van der Waals surface area contributed by atoms with Crippen LogP contribution < -0.4 is 0 Å². The molecule has 82 valence electrons. The molecule has 3 nitrogen and oxygen atoms in total. The van der Waals surface area contributed by atoms with E-state index in [1.807, 2.05) is 6.92 Å². The Labute approximate surface area is 83.0 Å². The number of hydrogen-bond donors (Lipinski definition) is 3. The Kier molecular flexibility index (Phi) is 7.37. The first-order valence-electron chi connectivity index (χ1n) is 4.77. The lowest BCUT2D eigenvalue weighted by Gasteiger charge is -2.13. The second-order valence-corrected chi connectivity index (χ2v) is 8.98. The Morgan fingerprint density at radius 2 is 1.62 bits per heavy atom. The van der Waals surface area contributed by atoms with Gasteiger partial charge < -0.3 is 14.7 Å². The molecule has 0 aromatic rings. The summed E-state index contributed by atoms with van der Waals surface area (Å²) >= 11 is 0. The molecule has 0 bridgehead atoms. The maximum absolute atomic E-state index is 9.07. The van der Waals surface area contributed by atoms with Crippen molar-refractivity contribution in [3.8, 4) is 0 Å². The van der Waals surface area contributed by atoms with Crippen LogP contribution in [-0.4, -0.2) is 26.2 Å². The summed E-state index contributed by atoms with van der Waals surface area (Å²) in [5.41, 5.74) is 0. The van der Waals surface area contributed by atoms with Crippen molar-refractivity contribution in [1.29, 1.82) is 0 Å². The highest BCUT2D eigenvalue weighted by atomic mass is 32.5. The Bertz CT molecular complexity index is 180. The monoisotopic (exact) mass is 228 g/mol. The van der Waals surface area contributed by atoms with Gasteiger partial charge in [0.05, 0.1) is 0 Å². The van der Waals surface area contributed by atoms with Gasteiger partial charge in [0.1, 0.15) is 0 Å². The van der Waals surface area contributed by atoms with Crippen LogP contribution in [0.15, 0.2) is 0 Å². The molecule has 0 heterocycles. The first-order valence-corrected chi connectivity index (χ1v) is 8.59. The summed E-state index contributed by atoms with van der Waals surface area (Å²) in [5.74, 6) is 1.43. The summed E-state index contributed by atoms with van der Waals surface area (Å²) < 4.78 is 0. The van der Waals surface area contributed by atoms with Crippen molar-refractivity contribution in [2.24, 2.45) is 0 Å². The van der Waals surface area contributed by atoms with Gasteiger partial charge in [-0.2, -0.15) is 0 Å². The van der Waals surface area contributed by atoms with Crippen LogP contribution in [0, 0.1) is 0 Å². The van der Waals surface area contributed by atoms with E-state index in [9.17, 15) is 0 Å². The second-order valence-electron chi connectivity index (χ2n) is 3.03. The maximum atomic E-state index is 9.07. The van der Waals surface area contributed by atoms with Crippen LogP contribution in [0.1, 0.15) is 39.5 Å². The van der Waals surface area contributed by atoms with Gasteiger partial charge in [0.15, 0.2) is 0 Å². The number of unbranched alkanes of at least 4 members (excludes halogenated alkanes) is 3. The van der Waals surface area contributed by atoms with Gasteiger partial charge in [0.25, 0.3) is 6.72 Å². The van der Waals surface area contributed by atoms with Crippen molar-refractivity contribution in [2.75, 3.05) is 11.5 Å². The van der Waals surface area contributed by atoms with Gasteiger partial charge in [-0.25, -0.2) is 0 Å². The van der Waals surface area contributed by atoms with Crippen molar-refractivity contribution in [2.45, 2.75) is 39.5 Å². The third kappa shape index (κ3) is 6.69. The number of hydrogen-bond acceptors (Lipinski definition) is 0. The highest BCUT2D eigenvalue weighted by Gasteiger charge is 2.09. The largest absolute Gasteiger partial charge is 0.329 e. The molecule has 13 heavy (non-hydrogen) atoms. The van der Waals surface area contributed by atoms with Crippen molar-refractivity contribution in [1.82, 2.24) is 0 Å². The molecule has 1 atom stereocenters. The normalized spacial score (nSPS) is 14.5. The third-order valence-corrected chi connectivity index (χ3v) is 7.43. The lowest BCUT2D eigenvalue weighted by Crippen LogP contribution is -2.02. The van der Waals surface area contributed by atoms with Crippen LogP contribution in [0.25, 0.3) is 0 Å². The Hall–Kier alpha value is 0.660.